The van der Waals surface area contributed by atoms with Crippen molar-refractivity contribution in [1.82, 2.24) is 10.2 Å². The van der Waals surface area contributed by atoms with Gasteiger partial charge in [-0.3, -0.25) is 9.89 Å². The lowest BCUT2D eigenvalue weighted by atomic mass is 10.2. The van der Waals surface area contributed by atoms with Gasteiger partial charge in [0.25, 0.3) is 0 Å². The van der Waals surface area contributed by atoms with Gasteiger partial charge in [0.05, 0.1) is 19.1 Å². The molecule has 1 aromatic carbocycles. The summed E-state index contributed by atoms with van der Waals surface area (Å²) in [6.07, 6.45) is 1.78. The number of esters is 1. The Morgan fingerprint density at radius 1 is 1.37 bits per heavy atom. The average molecular weight is 259 g/mol. The minimum absolute atomic E-state index is 0.189. The lowest BCUT2D eigenvalue weighted by molar-refractivity contribution is -0.115. The van der Waals surface area contributed by atoms with Gasteiger partial charge in [0.2, 0.25) is 5.91 Å². The van der Waals surface area contributed by atoms with E-state index >= 15 is 0 Å². The topological polar surface area (TPSA) is 84.1 Å². The van der Waals surface area contributed by atoms with Gasteiger partial charge in [-0.25, -0.2) is 4.79 Å². The number of carbonyl (C=O) groups is 2. The highest BCUT2D eigenvalue weighted by molar-refractivity contribution is 5.95. The van der Waals surface area contributed by atoms with Crippen molar-refractivity contribution in [2.45, 2.75) is 6.42 Å². The largest absolute Gasteiger partial charge is 0.465 e. The number of H-pyrrole nitrogens is 1. The number of nitrogens with zero attached hydrogens (tertiary/aromatic N) is 1. The molecule has 1 heterocycles. The van der Waals surface area contributed by atoms with Crippen molar-refractivity contribution in [2.24, 2.45) is 0 Å². The van der Waals surface area contributed by atoms with Crippen molar-refractivity contribution in [1.29, 1.82) is 0 Å². The molecular formula is C13H13N3O3. The molecule has 0 fully saturated rings. The van der Waals surface area contributed by atoms with Crippen LogP contribution in [0.5, 0.6) is 0 Å². The van der Waals surface area contributed by atoms with Crippen LogP contribution >= 0.6 is 0 Å². The molecule has 0 unspecified atom stereocenters. The minimum Gasteiger partial charge on any atom is -0.465 e. The molecule has 0 aliphatic rings. The third kappa shape index (κ3) is 3.41. The number of ether oxygens (including phenoxy) is 1. The van der Waals surface area contributed by atoms with Gasteiger partial charge in [0.15, 0.2) is 0 Å². The summed E-state index contributed by atoms with van der Waals surface area (Å²) in [7, 11) is 1.31. The number of nitrogens with one attached hydrogen (secondary N) is 2. The summed E-state index contributed by atoms with van der Waals surface area (Å²) in [6.45, 7) is 0. The predicted molar refractivity (Wildman–Crippen MR) is 68.7 cm³/mol. The summed E-state index contributed by atoms with van der Waals surface area (Å²) < 4.78 is 4.62. The van der Waals surface area contributed by atoms with Gasteiger partial charge in [-0.05, 0) is 24.3 Å². The van der Waals surface area contributed by atoms with Crippen LogP contribution in [-0.2, 0) is 16.0 Å². The highest BCUT2D eigenvalue weighted by Gasteiger charge is 2.08. The van der Waals surface area contributed by atoms with Gasteiger partial charge in [-0.2, -0.15) is 5.10 Å². The van der Waals surface area contributed by atoms with Crippen molar-refractivity contribution in [3.63, 3.8) is 0 Å². The Bertz CT molecular complexity index is 579. The number of carbonyl (C=O) groups excluding carboxylic acids is 2. The van der Waals surface area contributed by atoms with E-state index in [0.29, 0.717) is 11.3 Å². The maximum Gasteiger partial charge on any atom is 0.337 e. The van der Waals surface area contributed by atoms with Crippen molar-refractivity contribution in [3.05, 3.63) is 47.8 Å². The molecule has 0 spiro atoms. The van der Waals surface area contributed by atoms with E-state index in [9.17, 15) is 9.59 Å². The zero-order valence-electron chi connectivity index (χ0n) is 10.3. The molecule has 2 aromatic rings. The van der Waals surface area contributed by atoms with Gasteiger partial charge in [0.1, 0.15) is 0 Å². The number of hydrogen-bond acceptors (Lipinski definition) is 4. The number of methoxy groups -OCH3 is 1. The average Bonchev–Trinajstić information content (AvgIpc) is 2.90. The Kier molecular flexibility index (Phi) is 3.92. The van der Waals surface area contributed by atoms with E-state index in [2.05, 4.69) is 20.3 Å². The van der Waals surface area contributed by atoms with E-state index in [4.69, 9.17) is 0 Å². The number of anilines is 1. The summed E-state index contributed by atoms with van der Waals surface area (Å²) in [5.74, 6) is -0.629. The number of benzene rings is 1. The fourth-order valence-corrected chi connectivity index (χ4v) is 1.60. The van der Waals surface area contributed by atoms with Crippen molar-refractivity contribution in [2.75, 3.05) is 12.4 Å². The normalized spacial score (nSPS) is 9.95. The molecule has 6 nitrogen and oxygen atoms in total. The molecule has 0 radical (unpaired) electrons. The fraction of sp³-hybridized carbons (Fsp3) is 0.154. The maximum atomic E-state index is 11.8. The molecule has 0 bridgehead atoms. The molecule has 0 saturated carbocycles. The third-order valence-electron chi connectivity index (χ3n) is 2.48. The number of rotatable bonds is 4. The summed E-state index contributed by atoms with van der Waals surface area (Å²) in [6, 6.07) is 8.30. The highest BCUT2D eigenvalue weighted by atomic mass is 16.5. The molecule has 0 saturated heterocycles. The Morgan fingerprint density at radius 3 is 2.89 bits per heavy atom. The molecule has 1 amide bonds. The van der Waals surface area contributed by atoms with E-state index in [1.165, 1.54) is 7.11 Å². The van der Waals surface area contributed by atoms with Gasteiger partial charge >= 0.3 is 5.97 Å². The van der Waals surface area contributed by atoms with Crippen molar-refractivity contribution in [3.8, 4) is 0 Å². The standard InChI is InChI=1S/C13H13N3O3/c1-19-13(18)9-3-2-4-10(7-9)15-12(17)8-11-5-6-14-16-11/h2-7H,8H2,1H3,(H,14,16)(H,15,17). The van der Waals surface area contributed by atoms with Crippen LogP contribution in [0.4, 0.5) is 5.69 Å². The van der Waals surface area contributed by atoms with Gasteiger partial charge < -0.3 is 10.1 Å². The molecule has 0 aliphatic carbocycles. The molecule has 2 rings (SSSR count). The lowest BCUT2D eigenvalue weighted by Crippen LogP contribution is -2.15. The molecule has 2 N–H and O–H groups in total. The molecular weight excluding hydrogens is 246 g/mol. The van der Waals surface area contributed by atoms with Crippen LogP contribution in [0.25, 0.3) is 0 Å². The Morgan fingerprint density at radius 2 is 2.21 bits per heavy atom. The van der Waals surface area contributed by atoms with Crippen LogP contribution in [0.2, 0.25) is 0 Å². The number of amides is 1. The second kappa shape index (κ2) is 5.81. The Labute approximate surface area is 109 Å². The first-order valence-electron chi connectivity index (χ1n) is 5.65. The van der Waals surface area contributed by atoms with Crippen LogP contribution < -0.4 is 5.32 Å². The second-order valence-corrected chi connectivity index (χ2v) is 3.88. The molecule has 1 aromatic heterocycles. The zero-order chi connectivity index (χ0) is 13.7. The first-order chi connectivity index (χ1) is 9.19. The number of hydrogen-bond donors (Lipinski definition) is 2. The van der Waals surface area contributed by atoms with Crippen LogP contribution in [0.15, 0.2) is 36.5 Å². The summed E-state index contributed by atoms with van der Waals surface area (Å²) in [5, 5.41) is 9.18. The maximum absolute atomic E-state index is 11.8. The van der Waals surface area contributed by atoms with Crippen LogP contribution in [0.3, 0.4) is 0 Å². The Balaban J connectivity index is 2.02. The molecule has 0 aliphatic heterocycles. The Hall–Kier alpha value is -2.63. The van der Waals surface area contributed by atoms with E-state index in [-0.39, 0.29) is 12.3 Å². The van der Waals surface area contributed by atoms with Gasteiger partial charge in [-0.1, -0.05) is 6.07 Å². The number of aromatic nitrogens is 2. The molecule has 98 valence electrons. The first-order valence-corrected chi connectivity index (χ1v) is 5.65. The summed E-state index contributed by atoms with van der Waals surface area (Å²) in [5.41, 5.74) is 1.66. The molecule has 6 heteroatoms. The third-order valence-corrected chi connectivity index (χ3v) is 2.48. The first kappa shape index (κ1) is 12.8. The monoisotopic (exact) mass is 259 g/mol. The van der Waals surface area contributed by atoms with Crippen LogP contribution in [0.1, 0.15) is 16.1 Å². The summed E-state index contributed by atoms with van der Waals surface area (Å²) in [4.78, 5) is 23.1. The molecule has 0 atom stereocenters. The van der Waals surface area contributed by atoms with E-state index in [0.717, 1.165) is 5.69 Å². The SMILES string of the molecule is COC(=O)c1cccc(NC(=O)Cc2ccn[nH]2)c1. The van der Waals surface area contributed by atoms with Crippen molar-refractivity contribution < 1.29 is 14.3 Å². The van der Waals surface area contributed by atoms with E-state index in [1.807, 2.05) is 0 Å². The van der Waals surface area contributed by atoms with Gasteiger partial charge in [0, 0.05) is 17.6 Å². The number of aromatic amines is 1. The molecule has 19 heavy (non-hydrogen) atoms. The summed E-state index contributed by atoms with van der Waals surface area (Å²) >= 11 is 0. The van der Waals surface area contributed by atoms with E-state index < -0.39 is 5.97 Å². The quantitative estimate of drug-likeness (QED) is 0.812. The fourth-order valence-electron chi connectivity index (χ4n) is 1.60. The van der Waals surface area contributed by atoms with Gasteiger partial charge in [-0.15, -0.1) is 0 Å². The minimum atomic E-state index is -0.440. The predicted octanol–water partition coefficient (Wildman–Crippen LogP) is 1.38. The van der Waals surface area contributed by atoms with Crippen LogP contribution in [0, 0.1) is 0 Å². The van der Waals surface area contributed by atoms with Crippen molar-refractivity contribution >= 4 is 17.6 Å². The highest BCUT2D eigenvalue weighted by Crippen LogP contribution is 2.12. The smallest absolute Gasteiger partial charge is 0.337 e. The lowest BCUT2D eigenvalue weighted by Gasteiger charge is -2.06. The van der Waals surface area contributed by atoms with E-state index in [1.54, 1.807) is 36.5 Å². The van der Waals surface area contributed by atoms with Crippen LogP contribution in [-0.4, -0.2) is 29.2 Å². The second-order valence-electron chi connectivity index (χ2n) is 3.88. The zero-order valence-corrected chi connectivity index (χ0v) is 10.3.